The standard InChI is InChI=1S/C25H17NO4S2/c1-26-20-10-3-5-12-23(20)31(27,28)24-14-13-16(15-21(24)26)17-8-6-9-19-18-7-2-4-11-22(18)32(29,30)25(17)19/h2-15H,1H3. The zero-order valence-electron chi connectivity index (χ0n) is 17.0. The van der Waals surface area contributed by atoms with Crippen molar-refractivity contribution in [1.82, 2.24) is 0 Å². The zero-order valence-corrected chi connectivity index (χ0v) is 18.6. The average Bonchev–Trinajstić information content (AvgIpc) is 3.05. The van der Waals surface area contributed by atoms with Gasteiger partial charge in [-0.1, -0.05) is 54.6 Å². The predicted octanol–water partition coefficient (Wildman–Crippen LogP) is 5.08. The predicted molar refractivity (Wildman–Crippen MR) is 123 cm³/mol. The van der Waals surface area contributed by atoms with Crippen molar-refractivity contribution in [2.24, 2.45) is 0 Å². The van der Waals surface area contributed by atoms with Crippen LogP contribution in [0.4, 0.5) is 11.4 Å². The van der Waals surface area contributed by atoms with E-state index in [2.05, 4.69) is 0 Å². The van der Waals surface area contributed by atoms with Crippen LogP contribution in [-0.4, -0.2) is 23.9 Å². The van der Waals surface area contributed by atoms with E-state index in [1.165, 1.54) is 0 Å². The molecule has 0 saturated heterocycles. The Labute approximate surface area is 186 Å². The molecule has 6 rings (SSSR count). The number of hydrogen-bond acceptors (Lipinski definition) is 5. The molecule has 2 heterocycles. The molecule has 0 amide bonds. The van der Waals surface area contributed by atoms with Gasteiger partial charge in [0.05, 0.1) is 31.0 Å². The molecule has 0 bridgehead atoms. The van der Waals surface area contributed by atoms with Crippen LogP contribution < -0.4 is 4.90 Å². The van der Waals surface area contributed by atoms with Gasteiger partial charge in [-0.3, -0.25) is 0 Å². The van der Waals surface area contributed by atoms with Crippen LogP contribution in [0.5, 0.6) is 0 Å². The largest absolute Gasteiger partial charge is 0.342 e. The summed E-state index contributed by atoms with van der Waals surface area (Å²) in [6.07, 6.45) is 0. The van der Waals surface area contributed by atoms with Gasteiger partial charge in [0.25, 0.3) is 0 Å². The van der Waals surface area contributed by atoms with E-state index in [0.717, 1.165) is 0 Å². The van der Waals surface area contributed by atoms with Crippen molar-refractivity contribution in [1.29, 1.82) is 0 Å². The van der Waals surface area contributed by atoms with Crippen LogP contribution in [0.2, 0.25) is 0 Å². The molecule has 158 valence electrons. The Morgan fingerprint density at radius 2 is 1.19 bits per heavy atom. The van der Waals surface area contributed by atoms with Crippen molar-refractivity contribution in [2.75, 3.05) is 11.9 Å². The molecular formula is C25H17NO4S2. The third-order valence-corrected chi connectivity index (χ3v) is 9.95. The molecule has 2 aliphatic rings. The third kappa shape index (κ3) is 2.37. The van der Waals surface area contributed by atoms with E-state index in [0.29, 0.717) is 38.5 Å². The molecule has 7 heteroatoms. The first-order valence-corrected chi connectivity index (χ1v) is 13.0. The van der Waals surface area contributed by atoms with Gasteiger partial charge in [0.1, 0.15) is 0 Å². The van der Waals surface area contributed by atoms with E-state index in [1.54, 1.807) is 60.7 Å². The average molecular weight is 460 g/mol. The quantitative estimate of drug-likeness (QED) is 0.350. The lowest BCUT2D eigenvalue weighted by atomic mass is 9.98. The van der Waals surface area contributed by atoms with Crippen LogP contribution in [-0.2, 0) is 19.7 Å². The van der Waals surface area contributed by atoms with Gasteiger partial charge >= 0.3 is 0 Å². The fourth-order valence-electron chi connectivity index (χ4n) is 4.68. The maximum Gasteiger partial charge on any atom is 0.210 e. The van der Waals surface area contributed by atoms with Crippen molar-refractivity contribution in [3.05, 3.63) is 84.9 Å². The van der Waals surface area contributed by atoms with Crippen LogP contribution in [0.3, 0.4) is 0 Å². The second kappa shape index (κ2) is 6.31. The first-order chi connectivity index (χ1) is 15.3. The molecule has 0 spiro atoms. The summed E-state index contributed by atoms with van der Waals surface area (Å²) in [5.74, 6) is 0. The molecular weight excluding hydrogens is 442 g/mol. The van der Waals surface area contributed by atoms with Crippen LogP contribution in [0.15, 0.2) is 105 Å². The highest BCUT2D eigenvalue weighted by Crippen LogP contribution is 2.49. The summed E-state index contributed by atoms with van der Waals surface area (Å²) < 4.78 is 53.2. The topological polar surface area (TPSA) is 71.5 Å². The van der Waals surface area contributed by atoms with E-state index in [1.807, 2.05) is 36.2 Å². The number of rotatable bonds is 1. The van der Waals surface area contributed by atoms with Crippen molar-refractivity contribution in [3.8, 4) is 22.3 Å². The Morgan fingerprint density at radius 1 is 0.562 bits per heavy atom. The summed E-state index contributed by atoms with van der Waals surface area (Å²) in [5.41, 5.74) is 3.69. The van der Waals surface area contributed by atoms with Gasteiger partial charge in [-0.25, -0.2) is 16.8 Å². The summed E-state index contributed by atoms with van der Waals surface area (Å²) in [6, 6.07) is 24.3. The maximum atomic E-state index is 13.4. The van der Waals surface area contributed by atoms with E-state index in [4.69, 9.17) is 0 Å². The molecule has 0 aliphatic carbocycles. The first kappa shape index (κ1) is 19.3. The zero-order chi connectivity index (χ0) is 22.3. The van der Waals surface area contributed by atoms with Crippen molar-refractivity contribution in [2.45, 2.75) is 19.6 Å². The molecule has 2 aliphatic heterocycles. The highest BCUT2D eigenvalue weighted by atomic mass is 32.2. The molecule has 0 saturated carbocycles. The highest BCUT2D eigenvalue weighted by molar-refractivity contribution is 7.92. The lowest BCUT2D eigenvalue weighted by molar-refractivity contribution is 0.594. The molecule has 4 aromatic carbocycles. The lowest BCUT2D eigenvalue weighted by Gasteiger charge is -2.30. The van der Waals surface area contributed by atoms with Gasteiger partial charge in [0.15, 0.2) is 0 Å². The number of fused-ring (bicyclic) bond motifs is 5. The van der Waals surface area contributed by atoms with Crippen molar-refractivity contribution >= 4 is 31.0 Å². The molecule has 4 aromatic rings. The fraction of sp³-hybridized carbons (Fsp3) is 0.0400. The van der Waals surface area contributed by atoms with E-state index in [-0.39, 0.29) is 14.7 Å². The van der Waals surface area contributed by atoms with E-state index in [9.17, 15) is 16.8 Å². The Bertz CT molecular complexity index is 1670. The van der Waals surface area contributed by atoms with Gasteiger partial charge < -0.3 is 4.90 Å². The van der Waals surface area contributed by atoms with Gasteiger partial charge in [-0.2, -0.15) is 0 Å². The lowest BCUT2D eigenvalue weighted by Crippen LogP contribution is -2.22. The molecule has 0 atom stereocenters. The number of hydrogen-bond donors (Lipinski definition) is 0. The Kier molecular flexibility index (Phi) is 3.80. The van der Waals surface area contributed by atoms with Crippen LogP contribution in [0.25, 0.3) is 22.3 Å². The Hall–Kier alpha value is -3.42. The van der Waals surface area contributed by atoms with E-state index >= 15 is 0 Å². The van der Waals surface area contributed by atoms with Gasteiger partial charge in [0, 0.05) is 23.7 Å². The number of para-hydroxylation sites is 1. The summed E-state index contributed by atoms with van der Waals surface area (Å²) in [5, 5.41) is 0. The molecule has 0 N–H and O–H groups in total. The van der Waals surface area contributed by atoms with E-state index < -0.39 is 19.7 Å². The van der Waals surface area contributed by atoms with Gasteiger partial charge in [-0.15, -0.1) is 0 Å². The molecule has 5 nitrogen and oxygen atoms in total. The van der Waals surface area contributed by atoms with Crippen molar-refractivity contribution in [3.63, 3.8) is 0 Å². The molecule has 0 aromatic heterocycles. The Morgan fingerprint density at radius 3 is 2.00 bits per heavy atom. The summed E-state index contributed by atoms with van der Waals surface area (Å²) >= 11 is 0. The highest BCUT2D eigenvalue weighted by Gasteiger charge is 2.36. The Balaban J connectivity index is 1.60. The van der Waals surface area contributed by atoms with Crippen LogP contribution in [0.1, 0.15) is 0 Å². The number of benzene rings is 4. The summed E-state index contributed by atoms with van der Waals surface area (Å²) in [7, 11) is -5.54. The monoisotopic (exact) mass is 459 g/mol. The van der Waals surface area contributed by atoms with Gasteiger partial charge in [-0.05, 0) is 35.9 Å². The van der Waals surface area contributed by atoms with Crippen LogP contribution in [0, 0.1) is 0 Å². The van der Waals surface area contributed by atoms with Gasteiger partial charge in [0.2, 0.25) is 19.7 Å². The second-order valence-electron chi connectivity index (χ2n) is 7.89. The SMILES string of the molecule is CN1c2ccccc2S(=O)(=O)c2ccc(-c3cccc4c3S(=O)(=O)c3ccccc3-4)cc21. The molecule has 0 radical (unpaired) electrons. The molecule has 32 heavy (non-hydrogen) atoms. The normalized spacial score (nSPS) is 16.6. The smallest absolute Gasteiger partial charge is 0.210 e. The fourth-order valence-corrected chi connectivity index (χ4v) is 8.26. The summed E-state index contributed by atoms with van der Waals surface area (Å²) in [4.78, 5) is 2.88. The van der Waals surface area contributed by atoms with Crippen LogP contribution >= 0.6 is 0 Å². The third-order valence-electron chi connectivity index (χ3n) is 6.19. The second-order valence-corrected chi connectivity index (χ2v) is 11.6. The summed E-state index contributed by atoms with van der Waals surface area (Å²) in [6.45, 7) is 0. The number of sulfone groups is 2. The first-order valence-electron chi connectivity index (χ1n) is 10.0. The minimum atomic E-state index is -3.68. The molecule has 0 fully saturated rings. The number of nitrogens with zero attached hydrogens (tertiary/aromatic N) is 1. The number of anilines is 2. The maximum absolute atomic E-state index is 13.4. The molecule has 0 unspecified atom stereocenters. The van der Waals surface area contributed by atoms with Crippen molar-refractivity contribution < 1.29 is 16.8 Å². The minimum Gasteiger partial charge on any atom is -0.342 e. The minimum absolute atomic E-state index is 0.209.